The average Bonchev–Trinajstić information content (AvgIpc) is 2.92. The highest BCUT2D eigenvalue weighted by Crippen LogP contribution is 2.26. The first-order chi connectivity index (χ1) is 13.6. The minimum absolute atomic E-state index is 0. The molecule has 1 aliphatic rings. The van der Waals surface area contributed by atoms with Gasteiger partial charge in [0.15, 0.2) is 5.76 Å². The predicted molar refractivity (Wildman–Crippen MR) is 118 cm³/mol. The van der Waals surface area contributed by atoms with Crippen LogP contribution in [0, 0.1) is 13.8 Å². The van der Waals surface area contributed by atoms with Crippen LogP contribution < -0.4 is 5.32 Å². The fourth-order valence-electron chi connectivity index (χ4n) is 3.89. The van der Waals surface area contributed by atoms with E-state index in [1.807, 2.05) is 35.2 Å². The van der Waals surface area contributed by atoms with Gasteiger partial charge in [0.05, 0.1) is 12.2 Å². The second-order valence-corrected chi connectivity index (χ2v) is 7.67. The van der Waals surface area contributed by atoms with Gasteiger partial charge in [-0.05, 0) is 87.7 Å². The van der Waals surface area contributed by atoms with Crippen LogP contribution in [0.3, 0.4) is 0 Å². The number of pyridine rings is 1. The molecule has 3 aromatic rings. The molecule has 1 aliphatic heterocycles. The van der Waals surface area contributed by atoms with Gasteiger partial charge >= 0.3 is 0 Å². The highest BCUT2D eigenvalue weighted by molar-refractivity contribution is 5.96. The number of hydrogen-bond acceptors (Lipinski definition) is 4. The summed E-state index contributed by atoms with van der Waals surface area (Å²) in [4.78, 5) is 19.9. The SMILES string of the molecule is Cc1cc2cc(C(=O)N(Cc3ccccn3)C3CCCNCC3)oc2cc1C.Cl. The Bertz CT molecular complexity index is 924. The zero-order chi connectivity index (χ0) is 19.5. The van der Waals surface area contributed by atoms with Crippen LogP contribution in [0.2, 0.25) is 0 Å². The van der Waals surface area contributed by atoms with Gasteiger partial charge in [-0.15, -0.1) is 12.4 Å². The monoisotopic (exact) mass is 413 g/mol. The minimum Gasteiger partial charge on any atom is -0.451 e. The molecule has 6 heteroatoms. The number of fused-ring (bicyclic) bond motifs is 1. The van der Waals surface area contributed by atoms with Crippen molar-refractivity contribution in [2.45, 2.75) is 45.7 Å². The molecule has 4 rings (SSSR count). The van der Waals surface area contributed by atoms with E-state index in [1.54, 1.807) is 6.20 Å². The van der Waals surface area contributed by atoms with Crippen molar-refractivity contribution >= 4 is 29.3 Å². The fraction of sp³-hybridized carbons (Fsp3) is 0.391. The summed E-state index contributed by atoms with van der Waals surface area (Å²) in [5.41, 5.74) is 4.04. The Kier molecular flexibility index (Phi) is 6.93. The number of hydrogen-bond donors (Lipinski definition) is 1. The summed E-state index contributed by atoms with van der Waals surface area (Å²) >= 11 is 0. The lowest BCUT2D eigenvalue weighted by atomic mass is 10.1. The number of aryl methyl sites for hydroxylation is 2. The lowest BCUT2D eigenvalue weighted by Crippen LogP contribution is -2.40. The molecule has 0 radical (unpaired) electrons. The molecule has 1 fully saturated rings. The quantitative estimate of drug-likeness (QED) is 0.676. The summed E-state index contributed by atoms with van der Waals surface area (Å²) in [6.07, 6.45) is 4.77. The maximum absolute atomic E-state index is 13.5. The third kappa shape index (κ3) is 4.80. The van der Waals surface area contributed by atoms with Gasteiger partial charge in [-0.1, -0.05) is 6.07 Å². The first kappa shape index (κ1) is 21.3. The summed E-state index contributed by atoms with van der Waals surface area (Å²) < 4.78 is 5.98. The van der Waals surface area contributed by atoms with Crippen molar-refractivity contribution in [2.75, 3.05) is 13.1 Å². The van der Waals surface area contributed by atoms with Gasteiger partial charge in [-0.2, -0.15) is 0 Å². The van der Waals surface area contributed by atoms with Crippen molar-refractivity contribution in [2.24, 2.45) is 0 Å². The van der Waals surface area contributed by atoms with E-state index >= 15 is 0 Å². The molecule has 1 unspecified atom stereocenters. The smallest absolute Gasteiger partial charge is 0.290 e. The summed E-state index contributed by atoms with van der Waals surface area (Å²) in [5, 5.41) is 4.41. The van der Waals surface area contributed by atoms with Crippen molar-refractivity contribution < 1.29 is 9.21 Å². The number of nitrogens with zero attached hydrogens (tertiary/aromatic N) is 2. The zero-order valence-electron chi connectivity index (χ0n) is 17.0. The number of carbonyl (C=O) groups excluding carboxylic acids is 1. The van der Waals surface area contributed by atoms with E-state index in [4.69, 9.17) is 4.42 Å². The lowest BCUT2D eigenvalue weighted by molar-refractivity contribution is 0.0612. The van der Waals surface area contributed by atoms with E-state index in [1.165, 1.54) is 11.1 Å². The van der Waals surface area contributed by atoms with Crippen molar-refractivity contribution in [3.63, 3.8) is 0 Å². The Hall–Kier alpha value is -2.37. The molecule has 1 N–H and O–H groups in total. The number of furan rings is 1. The number of rotatable bonds is 4. The van der Waals surface area contributed by atoms with Gasteiger partial charge < -0.3 is 14.6 Å². The van der Waals surface area contributed by atoms with Crippen LogP contribution in [0.4, 0.5) is 0 Å². The van der Waals surface area contributed by atoms with E-state index in [0.717, 1.165) is 49.0 Å². The van der Waals surface area contributed by atoms with Gasteiger partial charge in [0, 0.05) is 17.6 Å². The minimum atomic E-state index is -0.0518. The molecule has 0 saturated carbocycles. The molecule has 1 aromatic carbocycles. The highest BCUT2D eigenvalue weighted by atomic mass is 35.5. The van der Waals surface area contributed by atoms with Crippen LogP contribution in [0.25, 0.3) is 11.0 Å². The first-order valence-corrected chi connectivity index (χ1v) is 10.0. The topological polar surface area (TPSA) is 58.4 Å². The fourth-order valence-corrected chi connectivity index (χ4v) is 3.89. The number of aromatic nitrogens is 1. The maximum Gasteiger partial charge on any atom is 0.290 e. The second kappa shape index (κ2) is 9.42. The molecule has 5 nitrogen and oxygen atoms in total. The highest BCUT2D eigenvalue weighted by Gasteiger charge is 2.28. The van der Waals surface area contributed by atoms with E-state index in [-0.39, 0.29) is 24.4 Å². The Balaban J connectivity index is 0.00000240. The number of nitrogens with one attached hydrogen (secondary N) is 1. The largest absolute Gasteiger partial charge is 0.451 e. The molecule has 29 heavy (non-hydrogen) atoms. The van der Waals surface area contributed by atoms with E-state index in [9.17, 15) is 4.79 Å². The Morgan fingerprint density at radius 3 is 2.79 bits per heavy atom. The number of benzene rings is 1. The molecule has 1 saturated heterocycles. The maximum atomic E-state index is 13.5. The molecular formula is C23H28ClN3O2. The first-order valence-electron chi connectivity index (χ1n) is 10.0. The lowest BCUT2D eigenvalue weighted by Gasteiger charge is -2.30. The van der Waals surface area contributed by atoms with Crippen molar-refractivity contribution in [1.29, 1.82) is 0 Å². The van der Waals surface area contributed by atoms with Gasteiger partial charge in [-0.3, -0.25) is 9.78 Å². The molecule has 0 bridgehead atoms. The predicted octanol–water partition coefficient (Wildman–Crippen LogP) is 4.65. The molecule has 0 aliphatic carbocycles. The van der Waals surface area contributed by atoms with Gasteiger partial charge in [0.1, 0.15) is 5.58 Å². The number of carbonyl (C=O) groups is 1. The molecule has 0 spiro atoms. The van der Waals surface area contributed by atoms with Crippen molar-refractivity contribution in [3.05, 3.63) is 65.2 Å². The number of amides is 1. The van der Waals surface area contributed by atoms with Crippen LogP contribution >= 0.6 is 12.4 Å². The molecule has 3 heterocycles. The van der Waals surface area contributed by atoms with Gasteiger partial charge in [0.25, 0.3) is 5.91 Å². The van der Waals surface area contributed by atoms with E-state index in [0.29, 0.717) is 12.3 Å². The van der Waals surface area contributed by atoms with E-state index in [2.05, 4.69) is 30.2 Å². The third-order valence-corrected chi connectivity index (χ3v) is 5.65. The summed E-state index contributed by atoms with van der Waals surface area (Å²) in [5.74, 6) is 0.359. The van der Waals surface area contributed by atoms with Crippen LogP contribution in [0.1, 0.15) is 46.6 Å². The number of halogens is 1. The third-order valence-electron chi connectivity index (χ3n) is 5.65. The van der Waals surface area contributed by atoms with Crippen molar-refractivity contribution in [1.82, 2.24) is 15.2 Å². The Labute approximate surface area is 177 Å². The van der Waals surface area contributed by atoms with E-state index < -0.39 is 0 Å². The molecule has 1 atom stereocenters. The average molecular weight is 414 g/mol. The summed E-state index contributed by atoms with van der Waals surface area (Å²) in [7, 11) is 0. The van der Waals surface area contributed by atoms with Gasteiger partial charge in [0.2, 0.25) is 0 Å². The zero-order valence-corrected chi connectivity index (χ0v) is 17.8. The standard InChI is InChI=1S/C23H27N3O2.ClH/c1-16-12-18-14-22(28-21(18)13-17(16)2)23(27)26(15-19-6-3-4-10-25-19)20-7-5-9-24-11-8-20;/h3-4,6,10,12-14,20,24H,5,7-9,11,15H2,1-2H3;1H. The van der Waals surface area contributed by atoms with Crippen LogP contribution in [0.15, 0.2) is 47.0 Å². The normalized spacial score (nSPS) is 16.8. The molecular weight excluding hydrogens is 386 g/mol. The molecule has 2 aromatic heterocycles. The Morgan fingerprint density at radius 1 is 1.17 bits per heavy atom. The molecule has 1 amide bonds. The van der Waals surface area contributed by atoms with Crippen LogP contribution in [0.5, 0.6) is 0 Å². The summed E-state index contributed by atoms with van der Waals surface area (Å²) in [6, 6.07) is 12.0. The second-order valence-electron chi connectivity index (χ2n) is 7.67. The molecule has 154 valence electrons. The van der Waals surface area contributed by atoms with Crippen molar-refractivity contribution in [3.8, 4) is 0 Å². The Morgan fingerprint density at radius 2 is 2.00 bits per heavy atom. The van der Waals surface area contributed by atoms with Crippen LogP contribution in [-0.4, -0.2) is 34.9 Å². The van der Waals surface area contributed by atoms with Gasteiger partial charge in [-0.25, -0.2) is 0 Å². The summed E-state index contributed by atoms with van der Waals surface area (Å²) in [6.45, 7) is 6.57. The van der Waals surface area contributed by atoms with Crippen LogP contribution in [-0.2, 0) is 6.54 Å².